The molecule has 0 fully saturated rings. The third-order valence-electron chi connectivity index (χ3n) is 3.25. The minimum absolute atomic E-state index is 0.0688. The summed E-state index contributed by atoms with van der Waals surface area (Å²) in [5, 5.41) is 0. The second kappa shape index (κ2) is 5.29. The summed E-state index contributed by atoms with van der Waals surface area (Å²) < 4.78 is 0. The van der Waals surface area contributed by atoms with Crippen molar-refractivity contribution in [1.82, 2.24) is 0 Å². The van der Waals surface area contributed by atoms with E-state index in [1.54, 1.807) is 0 Å². The summed E-state index contributed by atoms with van der Waals surface area (Å²) in [4.78, 5) is 0. The Morgan fingerprint density at radius 3 is 2.33 bits per heavy atom. The third kappa shape index (κ3) is 2.80. The Kier molecular flexibility index (Phi) is 4.30. The Morgan fingerprint density at radius 2 is 1.87 bits per heavy atom. The number of aryl methyl sites for hydroxylation is 2. The van der Waals surface area contributed by atoms with Crippen LogP contribution in [0.1, 0.15) is 36.1 Å². The molecule has 1 aromatic rings. The van der Waals surface area contributed by atoms with E-state index in [0.717, 1.165) is 6.42 Å². The standard InChI is InChI=1S/C13H22N2/c1-4-11(8-14)13(15)12-6-5-9(2)10(3)7-12/h5-7,11,13H,4,8,14-15H2,1-3H3. The van der Waals surface area contributed by atoms with Gasteiger partial charge in [-0.1, -0.05) is 31.5 Å². The third-order valence-corrected chi connectivity index (χ3v) is 3.25. The minimum Gasteiger partial charge on any atom is -0.330 e. The van der Waals surface area contributed by atoms with Crippen molar-refractivity contribution in [3.63, 3.8) is 0 Å². The normalized spacial score (nSPS) is 15.0. The van der Waals surface area contributed by atoms with Crippen LogP contribution in [0.25, 0.3) is 0 Å². The van der Waals surface area contributed by atoms with Crippen LogP contribution < -0.4 is 11.5 Å². The topological polar surface area (TPSA) is 52.0 Å². The van der Waals surface area contributed by atoms with E-state index in [1.807, 2.05) is 0 Å². The van der Waals surface area contributed by atoms with Crippen LogP contribution in [0.2, 0.25) is 0 Å². The van der Waals surface area contributed by atoms with Crippen LogP contribution in [0.15, 0.2) is 18.2 Å². The molecular formula is C13H22N2. The van der Waals surface area contributed by atoms with Gasteiger partial charge in [-0.2, -0.15) is 0 Å². The smallest absolute Gasteiger partial charge is 0.0335 e. The zero-order valence-corrected chi connectivity index (χ0v) is 9.96. The van der Waals surface area contributed by atoms with E-state index in [4.69, 9.17) is 11.5 Å². The van der Waals surface area contributed by atoms with Crippen LogP contribution in [-0.2, 0) is 0 Å². The van der Waals surface area contributed by atoms with E-state index < -0.39 is 0 Å². The lowest BCUT2D eigenvalue weighted by atomic mass is 9.90. The van der Waals surface area contributed by atoms with Crippen molar-refractivity contribution in [2.24, 2.45) is 17.4 Å². The van der Waals surface area contributed by atoms with Gasteiger partial charge in [-0.25, -0.2) is 0 Å². The van der Waals surface area contributed by atoms with Gasteiger partial charge in [0.05, 0.1) is 0 Å². The molecule has 0 saturated heterocycles. The van der Waals surface area contributed by atoms with Crippen LogP contribution in [-0.4, -0.2) is 6.54 Å². The zero-order valence-electron chi connectivity index (χ0n) is 9.96. The first-order chi connectivity index (χ1) is 7.10. The molecule has 15 heavy (non-hydrogen) atoms. The van der Waals surface area contributed by atoms with Crippen molar-refractivity contribution in [1.29, 1.82) is 0 Å². The summed E-state index contributed by atoms with van der Waals surface area (Å²) in [6, 6.07) is 6.50. The van der Waals surface area contributed by atoms with Gasteiger partial charge in [0.1, 0.15) is 0 Å². The minimum atomic E-state index is 0.0688. The quantitative estimate of drug-likeness (QED) is 0.794. The molecule has 1 aromatic carbocycles. The molecule has 0 spiro atoms. The van der Waals surface area contributed by atoms with Crippen molar-refractivity contribution in [3.8, 4) is 0 Å². The van der Waals surface area contributed by atoms with E-state index in [1.165, 1.54) is 16.7 Å². The SMILES string of the molecule is CCC(CN)C(N)c1ccc(C)c(C)c1. The molecule has 0 heterocycles. The van der Waals surface area contributed by atoms with Crippen molar-refractivity contribution in [2.75, 3.05) is 6.54 Å². The summed E-state index contributed by atoms with van der Waals surface area (Å²) in [6.45, 7) is 7.03. The number of benzene rings is 1. The fraction of sp³-hybridized carbons (Fsp3) is 0.538. The Balaban J connectivity index is 2.90. The predicted octanol–water partition coefficient (Wildman–Crippen LogP) is 2.29. The Bertz CT molecular complexity index is 316. The van der Waals surface area contributed by atoms with Crippen molar-refractivity contribution < 1.29 is 0 Å². The second-order valence-electron chi connectivity index (χ2n) is 4.27. The molecule has 0 aliphatic rings. The Morgan fingerprint density at radius 1 is 1.20 bits per heavy atom. The van der Waals surface area contributed by atoms with Gasteiger partial charge in [0.2, 0.25) is 0 Å². The first kappa shape index (κ1) is 12.2. The average molecular weight is 206 g/mol. The Hall–Kier alpha value is -0.860. The molecule has 0 saturated carbocycles. The molecular weight excluding hydrogens is 184 g/mol. The maximum absolute atomic E-state index is 6.20. The molecule has 4 N–H and O–H groups in total. The van der Waals surface area contributed by atoms with E-state index in [2.05, 4.69) is 39.0 Å². The largest absolute Gasteiger partial charge is 0.330 e. The maximum Gasteiger partial charge on any atom is 0.0335 e. The fourth-order valence-corrected chi connectivity index (χ4v) is 1.81. The van der Waals surface area contributed by atoms with Gasteiger partial charge in [0.25, 0.3) is 0 Å². The molecule has 0 amide bonds. The highest BCUT2D eigenvalue weighted by Gasteiger charge is 2.16. The lowest BCUT2D eigenvalue weighted by Gasteiger charge is -2.22. The lowest BCUT2D eigenvalue weighted by Crippen LogP contribution is -2.27. The van der Waals surface area contributed by atoms with E-state index in [9.17, 15) is 0 Å². The van der Waals surface area contributed by atoms with Gasteiger partial charge in [0, 0.05) is 6.04 Å². The molecule has 84 valence electrons. The summed E-state index contributed by atoms with van der Waals surface area (Å²) >= 11 is 0. The molecule has 2 atom stereocenters. The summed E-state index contributed by atoms with van der Waals surface area (Å²) in [6.07, 6.45) is 1.03. The van der Waals surface area contributed by atoms with Crippen molar-refractivity contribution >= 4 is 0 Å². The fourth-order valence-electron chi connectivity index (χ4n) is 1.81. The van der Waals surface area contributed by atoms with Gasteiger partial charge in [0.15, 0.2) is 0 Å². The van der Waals surface area contributed by atoms with Gasteiger partial charge >= 0.3 is 0 Å². The van der Waals surface area contributed by atoms with Crippen LogP contribution in [0, 0.1) is 19.8 Å². The lowest BCUT2D eigenvalue weighted by molar-refractivity contribution is 0.428. The average Bonchev–Trinajstić information content (AvgIpc) is 2.23. The highest BCUT2D eigenvalue weighted by molar-refractivity contribution is 5.31. The van der Waals surface area contributed by atoms with Crippen molar-refractivity contribution in [3.05, 3.63) is 34.9 Å². The molecule has 2 nitrogen and oxygen atoms in total. The van der Waals surface area contributed by atoms with E-state index in [0.29, 0.717) is 12.5 Å². The maximum atomic E-state index is 6.20. The molecule has 2 unspecified atom stereocenters. The molecule has 0 aliphatic heterocycles. The molecule has 0 radical (unpaired) electrons. The summed E-state index contributed by atoms with van der Waals surface area (Å²) in [5.74, 6) is 0.382. The molecule has 0 aliphatic carbocycles. The van der Waals surface area contributed by atoms with Crippen molar-refractivity contribution in [2.45, 2.75) is 33.2 Å². The van der Waals surface area contributed by atoms with Crippen LogP contribution in [0.4, 0.5) is 0 Å². The highest BCUT2D eigenvalue weighted by atomic mass is 14.7. The second-order valence-corrected chi connectivity index (χ2v) is 4.27. The van der Waals surface area contributed by atoms with Crippen LogP contribution in [0.3, 0.4) is 0 Å². The first-order valence-electron chi connectivity index (χ1n) is 5.63. The monoisotopic (exact) mass is 206 g/mol. The van der Waals surface area contributed by atoms with Gasteiger partial charge in [-0.05, 0) is 43.0 Å². The van der Waals surface area contributed by atoms with E-state index in [-0.39, 0.29) is 6.04 Å². The first-order valence-corrected chi connectivity index (χ1v) is 5.63. The number of rotatable bonds is 4. The molecule has 0 bridgehead atoms. The van der Waals surface area contributed by atoms with Gasteiger partial charge < -0.3 is 11.5 Å². The molecule has 0 aromatic heterocycles. The van der Waals surface area contributed by atoms with Gasteiger partial charge in [-0.15, -0.1) is 0 Å². The molecule has 1 rings (SSSR count). The predicted molar refractivity (Wildman–Crippen MR) is 65.7 cm³/mol. The summed E-state index contributed by atoms with van der Waals surface area (Å²) in [7, 11) is 0. The number of nitrogens with two attached hydrogens (primary N) is 2. The van der Waals surface area contributed by atoms with Crippen LogP contribution >= 0.6 is 0 Å². The number of hydrogen-bond acceptors (Lipinski definition) is 2. The number of hydrogen-bond donors (Lipinski definition) is 2. The highest BCUT2D eigenvalue weighted by Crippen LogP contribution is 2.23. The van der Waals surface area contributed by atoms with Crippen LogP contribution in [0.5, 0.6) is 0 Å². The zero-order chi connectivity index (χ0) is 11.4. The molecule has 2 heteroatoms. The van der Waals surface area contributed by atoms with Gasteiger partial charge in [-0.3, -0.25) is 0 Å². The van der Waals surface area contributed by atoms with E-state index >= 15 is 0 Å². The summed E-state index contributed by atoms with van der Waals surface area (Å²) in [5.41, 5.74) is 15.7. The Labute approximate surface area is 92.7 Å².